The third kappa shape index (κ3) is 4.63. The van der Waals surface area contributed by atoms with E-state index in [2.05, 4.69) is 22.6 Å². The number of hydrogen-bond acceptors (Lipinski definition) is 5. The van der Waals surface area contributed by atoms with Crippen LogP contribution in [0.2, 0.25) is 0 Å². The monoisotopic (exact) mass is 559 g/mol. The number of rotatable bonds is 7. The summed E-state index contributed by atoms with van der Waals surface area (Å²) in [5, 5.41) is 1.86. The Morgan fingerprint density at radius 3 is 2.53 bits per heavy atom. The molecule has 0 radical (unpaired) electrons. The van der Waals surface area contributed by atoms with Crippen LogP contribution in [0.1, 0.15) is 25.0 Å². The number of thioether (sulfide) groups is 1. The lowest BCUT2D eigenvalue weighted by Crippen LogP contribution is -2.27. The topological polar surface area (TPSA) is 55.8 Å². The Balaban J connectivity index is 1.62. The van der Waals surface area contributed by atoms with Crippen LogP contribution in [0.3, 0.4) is 0 Å². The van der Waals surface area contributed by atoms with Gasteiger partial charge >= 0.3 is 0 Å². The van der Waals surface area contributed by atoms with Gasteiger partial charge in [0.25, 0.3) is 11.1 Å². The number of ether oxygens (including phenoxy) is 2. The van der Waals surface area contributed by atoms with E-state index in [9.17, 15) is 9.59 Å². The van der Waals surface area contributed by atoms with E-state index in [-0.39, 0.29) is 17.7 Å². The molecule has 32 heavy (non-hydrogen) atoms. The van der Waals surface area contributed by atoms with Gasteiger partial charge in [-0.05, 0) is 88.3 Å². The van der Waals surface area contributed by atoms with Crippen LogP contribution in [0, 0.1) is 3.57 Å². The van der Waals surface area contributed by atoms with Crippen LogP contribution in [0.5, 0.6) is 11.5 Å². The number of carbonyl (C=O) groups excluding carboxylic acids is 2. The zero-order chi connectivity index (χ0) is 22.7. The molecule has 2 amide bonds. The number of amides is 2. The van der Waals surface area contributed by atoms with Crippen LogP contribution in [-0.4, -0.2) is 29.3 Å². The van der Waals surface area contributed by atoms with Crippen molar-refractivity contribution in [3.8, 4) is 11.5 Å². The molecule has 0 bridgehead atoms. The first-order valence-electron chi connectivity index (χ1n) is 10.3. The van der Waals surface area contributed by atoms with Gasteiger partial charge in [0.05, 0.1) is 28.2 Å². The molecule has 0 aliphatic carbocycles. The van der Waals surface area contributed by atoms with Gasteiger partial charge < -0.3 is 9.47 Å². The Kier molecular flexibility index (Phi) is 7.05. The molecular weight excluding hydrogens is 537 g/mol. The third-order valence-corrected chi connectivity index (χ3v) is 6.71. The summed E-state index contributed by atoms with van der Waals surface area (Å²) in [4.78, 5) is 27.5. The molecule has 0 aromatic heterocycles. The summed E-state index contributed by atoms with van der Waals surface area (Å²) in [5.41, 5.74) is 1.73. The fraction of sp³-hybridized carbons (Fsp3) is 0.200. The van der Waals surface area contributed by atoms with Gasteiger partial charge in [0.15, 0.2) is 11.5 Å². The molecule has 0 saturated carbocycles. The number of benzene rings is 3. The van der Waals surface area contributed by atoms with Gasteiger partial charge in [0, 0.05) is 0 Å². The zero-order valence-electron chi connectivity index (χ0n) is 17.8. The van der Waals surface area contributed by atoms with Crippen LogP contribution < -0.4 is 9.47 Å². The first-order chi connectivity index (χ1) is 15.5. The maximum atomic E-state index is 13.1. The molecule has 0 N–H and O–H groups in total. The maximum absolute atomic E-state index is 13.1. The van der Waals surface area contributed by atoms with E-state index in [4.69, 9.17) is 9.47 Å². The fourth-order valence-corrected chi connectivity index (χ4v) is 5.23. The molecule has 164 valence electrons. The number of halogens is 1. The Morgan fingerprint density at radius 2 is 1.75 bits per heavy atom. The quantitative estimate of drug-likeness (QED) is 0.245. The SMILES string of the molecule is CCOc1cc(/C=C2/SC(=O)N(Cc3cccc4ccccc34)C2=O)cc(I)c1OCC. The minimum atomic E-state index is -0.283. The van der Waals surface area contributed by atoms with Crippen LogP contribution in [0.25, 0.3) is 16.8 Å². The van der Waals surface area contributed by atoms with Crippen molar-refractivity contribution in [3.05, 3.63) is 74.2 Å². The van der Waals surface area contributed by atoms with Gasteiger partial charge in [-0.3, -0.25) is 14.5 Å². The molecular formula is C25H22INO4S. The van der Waals surface area contributed by atoms with Gasteiger partial charge in [-0.15, -0.1) is 0 Å². The summed E-state index contributed by atoms with van der Waals surface area (Å²) in [7, 11) is 0. The van der Waals surface area contributed by atoms with Gasteiger partial charge in [-0.25, -0.2) is 0 Å². The number of fused-ring (bicyclic) bond motifs is 1. The normalized spacial score (nSPS) is 15.1. The number of hydrogen-bond donors (Lipinski definition) is 0. The highest BCUT2D eigenvalue weighted by atomic mass is 127. The molecule has 1 aliphatic heterocycles. The largest absolute Gasteiger partial charge is 0.490 e. The van der Waals surface area contributed by atoms with Crippen LogP contribution >= 0.6 is 34.4 Å². The predicted molar refractivity (Wildman–Crippen MR) is 137 cm³/mol. The average molecular weight is 559 g/mol. The lowest BCUT2D eigenvalue weighted by atomic mass is 10.0. The highest BCUT2D eigenvalue weighted by molar-refractivity contribution is 14.1. The van der Waals surface area contributed by atoms with E-state index in [0.717, 1.165) is 37.2 Å². The van der Waals surface area contributed by atoms with Crippen molar-refractivity contribution in [2.24, 2.45) is 0 Å². The maximum Gasteiger partial charge on any atom is 0.293 e. The van der Waals surface area contributed by atoms with Gasteiger partial charge in [-0.1, -0.05) is 42.5 Å². The number of imide groups is 1. The van der Waals surface area contributed by atoms with Gasteiger partial charge in [-0.2, -0.15) is 0 Å². The summed E-state index contributed by atoms with van der Waals surface area (Å²) in [6.45, 7) is 5.11. The van der Waals surface area contributed by atoms with E-state index < -0.39 is 0 Å². The van der Waals surface area contributed by atoms with E-state index in [1.165, 1.54) is 4.90 Å². The van der Waals surface area contributed by atoms with E-state index in [0.29, 0.717) is 29.6 Å². The van der Waals surface area contributed by atoms with E-state index in [1.807, 2.05) is 68.4 Å². The fourth-order valence-electron chi connectivity index (χ4n) is 3.61. The van der Waals surface area contributed by atoms with Gasteiger partial charge in [0.2, 0.25) is 0 Å². The average Bonchev–Trinajstić information content (AvgIpc) is 3.04. The van der Waals surface area contributed by atoms with E-state index in [1.54, 1.807) is 6.08 Å². The lowest BCUT2D eigenvalue weighted by molar-refractivity contribution is -0.123. The lowest BCUT2D eigenvalue weighted by Gasteiger charge is -2.14. The van der Waals surface area contributed by atoms with Crippen LogP contribution in [0.15, 0.2) is 59.5 Å². The minimum Gasteiger partial charge on any atom is -0.490 e. The molecule has 1 fully saturated rings. The Labute approximate surface area is 204 Å². The second-order valence-corrected chi connectivity index (χ2v) is 9.26. The third-order valence-electron chi connectivity index (χ3n) is 5.00. The van der Waals surface area contributed by atoms with Crippen molar-refractivity contribution < 1.29 is 19.1 Å². The summed E-state index contributed by atoms with van der Waals surface area (Å²) in [5.74, 6) is 1.04. The summed E-state index contributed by atoms with van der Waals surface area (Å²) < 4.78 is 12.3. The summed E-state index contributed by atoms with van der Waals surface area (Å²) >= 11 is 3.16. The Hall–Kier alpha value is -2.52. The molecule has 3 aromatic rings. The van der Waals surface area contributed by atoms with Crippen molar-refractivity contribution in [3.63, 3.8) is 0 Å². The van der Waals surface area contributed by atoms with Crippen LogP contribution in [0.4, 0.5) is 4.79 Å². The summed E-state index contributed by atoms with van der Waals surface area (Å²) in [6.07, 6.45) is 1.74. The molecule has 1 heterocycles. The Bertz CT molecular complexity index is 1220. The first kappa shape index (κ1) is 22.7. The highest BCUT2D eigenvalue weighted by Gasteiger charge is 2.35. The van der Waals surface area contributed by atoms with Crippen molar-refractivity contribution >= 4 is 62.3 Å². The predicted octanol–water partition coefficient (Wildman–Crippen LogP) is 6.48. The summed E-state index contributed by atoms with van der Waals surface area (Å²) in [6, 6.07) is 17.7. The smallest absolute Gasteiger partial charge is 0.293 e. The molecule has 3 aromatic carbocycles. The van der Waals surface area contributed by atoms with E-state index >= 15 is 0 Å². The molecule has 0 unspecified atom stereocenters. The minimum absolute atomic E-state index is 0.244. The van der Waals surface area contributed by atoms with Crippen molar-refractivity contribution in [1.82, 2.24) is 4.90 Å². The van der Waals surface area contributed by atoms with Gasteiger partial charge in [0.1, 0.15) is 0 Å². The highest BCUT2D eigenvalue weighted by Crippen LogP contribution is 2.38. The van der Waals surface area contributed by atoms with Crippen molar-refractivity contribution in [2.75, 3.05) is 13.2 Å². The van der Waals surface area contributed by atoms with Crippen molar-refractivity contribution in [1.29, 1.82) is 0 Å². The molecule has 4 rings (SSSR count). The van der Waals surface area contributed by atoms with Crippen molar-refractivity contribution in [2.45, 2.75) is 20.4 Å². The first-order valence-corrected chi connectivity index (χ1v) is 12.2. The molecule has 0 spiro atoms. The number of nitrogens with zero attached hydrogens (tertiary/aromatic N) is 1. The Morgan fingerprint density at radius 1 is 1.00 bits per heavy atom. The number of carbonyl (C=O) groups is 2. The molecule has 7 heteroatoms. The second kappa shape index (κ2) is 9.95. The van der Waals surface area contributed by atoms with Crippen LogP contribution in [-0.2, 0) is 11.3 Å². The standard InChI is InChI=1S/C25H22INO4S/c1-3-30-21-13-16(12-20(26)23(21)31-4-2)14-22-24(28)27(25(29)32-22)15-18-10-7-9-17-8-5-6-11-19(17)18/h5-14H,3-4,15H2,1-2H3/b22-14+. The molecule has 1 aliphatic rings. The molecule has 5 nitrogen and oxygen atoms in total. The zero-order valence-corrected chi connectivity index (χ0v) is 20.7. The second-order valence-electron chi connectivity index (χ2n) is 7.10. The molecule has 1 saturated heterocycles. The molecule has 0 atom stereocenters.